The van der Waals surface area contributed by atoms with Gasteiger partial charge in [-0.25, -0.2) is 0 Å². The molecule has 0 fully saturated rings. The molecule has 4 rings (SSSR count). The van der Waals surface area contributed by atoms with E-state index in [1.807, 2.05) is 12.3 Å². The number of hydrogen-bond acceptors (Lipinski definition) is 1. The molecule has 1 nitrogen and oxygen atoms in total. The standard InChI is InChI=1S/C18H15N/c1-18(2)15-8-5-11-19-17(15)14-10-9-12-6-3-4-7-13(12)16(14)18/h3-11H,1-2H3. The van der Waals surface area contributed by atoms with Crippen molar-refractivity contribution in [1.82, 2.24) is 4.98 Å². The monoisotopic (exact) mass is 245 g/mol. The molecule has 0 amide bonds. The maximum atomic E-state index is 4.60. The van der Waals surface area contributed by atoms with Crippen LogP contribution in [0.1, 0.15) is 25.0 Å². The van der Waals surface area contributed by atoms with Crippen LogP contribution < -0.4 is 0 Å². The molecule has 1 heterocycles. The van der Waals surface area contributed by atoms with Gasteiger partial charge in [0.05, 0.1) is 5.69 Å². The molecular formula is C18H15N. The summed E-state index contributed by atoms with van der Waals surface area (Å²) in [5.41, 5.74) is 5.22. The summed E-state index contributed by atoms with van der Waals surface area (Å²) in [6, 6.07) is 17.3. The molecule has 0 aliphatic heterocycles. The second kappa shape index (κ2) is 3.45. The summed E-state index contributed by atoms with van der Waals surface area (Å²) in [5.74, 6) is 0. The van der Waals surface area contributed by atoms with Gasteiger partial charge in [0.2, 0.25) is 0 Å². The average Bonchev–Trinajstić information content (AvgIpc) is 2.68. The fourth-order valence-corrected chi connectivity index (χ4v) is 3.40. The third kappa shape index (κ3) is 1.27. The highest BCUT2D eigenvalue weighted by Crippen LogP contribution is 2.49. The molecule has 2 aromatic carbocycles. The number of hydrogen-bond donors (Lipinski definition) is 0. The lowest BCUT2D eigenvalue weighted by Gasteiger charge is -2.22. The molecule has 0 atom stereocenters. The molecule has 1 aliphatic carbocycles. The zero-order valence-corrected chi connectivity index (χ0v) is 11.1. The first kappa shape index (κ1) is 10.7. The van der Waals surface area contributed by atoms with Crippen LogP contribution in [0.25, 0.3) is 22.0 Å². The SMILES string of the molecule is CC1(C)c2cccnc2-c2ccc3ccccc3c21. The second-order valence-electron chi connectivity index (χ2n) is 5.73. The van der Waals surface area contributed by atoms with Crippen molar-refractivity contribution in [3.8, 4) is 11.3 Å². The molecule has 1 heteroatoms. The number of aromatic nitrogens is 1. The minimum Gasteiger partial charge on any atom is -0.256 e. The summed E-state index contributed by atoms with van der Waals surface area (Å²) in [4.78, 5) is 4.60. The van der Waals surface area contributed by atoms with E-state index in [1.165, 1.54) is 27.5 Å². The molecule has 0 N–H and O–H groups in total. The van der Waals surface area contributed by atoms with Crippen molar-refractivity contribution in [2.45, 2.75) is 19.3 Å². The van der Waals surface area contributed by atoms with E-state index in [2.05, 4.69) is 61.3 Å². The Hall–Kier alpha value is -2.15. The third-order valence-corrected chi connectivity index (χ3v) is 4.29. The largest absolute Gasteiger partial charge is 0.256 e. The topological polar surface area (TPSA) is 12.9 Å². The Bertz CT molecular complexity index is 800. The van der Waals surface area contributed by atoms with Crippen molar-refractivity contribution in [3.05, 3.63) is 65.9 Å². The normalized spacial score (nSPS) is 15.3. The van der Waals surface area contributed by atoms with Gasteiger partial charge in [-0.1, -0.05) is 56.3 Å². The lowest BCUT2D eigenvalue weighted by atomic mass is 9.80. The van der Waals surface area contributed by atoms with Crippen molar-refractivity contribution in [1.29, 1.82) is 0 Å². The zero-order valence-electron chi connectivity index (χ0n) is 11.1. The quantitative estimate of drug-likeness (QED) is 0.566. The van der Waals surface area contributed by atoms with E-state index >= 15 is 0 Å². The molecule has 1 aliphatic rings. The van der Waals surface area contributed by atoms with Gasteiger partial charge >= 0.3 is 0 Å². The van der Waals surface area contributed by atoms with E-state index in [0.29, 0.717) is 0 Å². The summed E-state index contributed by atoms with van der Waals surface area (Å²) in [5, 5.41) is 2.66. The van der Waals surface area contributed by atoms with Gasteiger partial charge in [-0.3, -0.25) is 4.98 Å². The minimum absolute atomic E-state index is 0.0276. The molecule has 92 valence electrons. The van der Waals surface area contributed by atoms with Gasteiger partial charge in [-0.2, -0.15) is 0 Å². The number of pyridine rings is 1. The molecule has 0 spiro atoms. The van der Waals surface area contributed by atoms with E-state index in [4.69, 9.17) is 0 Å². The van der Waals surface area contributed by atoms with Gasteiger partial charge < -0.3 is 0 Å². The Labute approximate surface area is 112 Å². The van der Waals surface area contributed by atoms with E-state index in [1.54, 1.807) is 0 Å². The van der Waals surface area contributed by atoms with E-state index in [-0.39, 0.29) is 5.41 Å². The molecule has 19 heavy (non-hydrogen) atoms. The van der Waals surface area contributed by atoms with Gasteiger partial charge in [0.1, 0.15) is 0 Å². The zero-order chi connectivity index (χ0) is 13.0. The Balaban J connectivity index is 2.20. The first-order valence-electron chi connectivity index (χ1n) is 6.68. The predicted molar refractivity (Wildman–Crippen MR) is 79.3 cm³/mol. The number of fused-ring (bicyclic) bond motifs is 5. The first-order chi connectivity index (χ1) is 9.19. The van der Waals surface area contributed by atoms with Crippen LogP contribution in [0, 0.1) is 0 Å². The van der Waals surface area contributed by atoms with Crippen molar-refractivity contribution < 1.29 is 0 Å². The van der Waals surface area contributed by atoms with Crippen molar-refractivity contribution >= 4 is 10.8 Å². The molecule has 0 bridgehead atoms. The van der Waals surface area contributed by atoms with E-state index in [9.17, 15) is 0 Å². The Kier molecular flexibility index (Phi) is 1.95. The Morgan fingerprint density at radius 1 is 0.895 bits per heavy atom. The van der Waals surface area contributed by atoms with Crippen molar-refractivity contribution in [2.24, 2.45) is 0 Å². The summed E-state index contributed by atoms with van der Waals surface area (Å²) in [6.07, 6.45) is 1.89. The first-order valence-corrected chi connectivity index (χ1v) is 6.68. The van der Waals surface area contributed by atoms with E-state index < -0.39 is 0 Å². The summed E-state index contributed by atoms with van der Waals surface area (Å²) < 4.78 is 0. The van der Waals surface area contributed by atoms with Crippen LogP contribution in [-0.4, -0.2) is 4.98 Å². The van der Waals surface area contributed by atoms with Gasteiger partial charge in [-0.15, -0.1) is 0 Å². The molecule has 0 saturated carbocycles. The number of benzene rings is 2. The van der Waals surface area contributed by atoms with Crippen LogP contribution in [0.3, 0.4) is 0 Å². The Morgan fingerprint density at radius 2 is 1.74 bits per heavy atom. The fraction of sp³-hybridized carbons (Fsp3) is 0.167. The van der Waals surface area contributed by atoms with Crippen LogP contribution in [0.4, 0.5) is 0 Å². The van der Waals surface area contributed by atoms with Crippen LogP contribution in [0.2, 0.25) is 0 Å². The average molecular weight is 245 g/mol. The highest BCUT2D eigenvalue weighted by Gasteiger charge is 2.37. The molecular weight excluding hydrogens is 230 g/mol. The number of nitrogens with zero attached hydrogens (tertiary/aromatic N) is 1. The van der Waals surface area contributed by atoms with Gasteiger partial charge in [0, 0.05) is 17.2 Å². The van der Waals surface area contributed by atoms with Crippen molar-refractivity contribution in [3.63, 3.8) is 0 Å². The summed E-state index contributed by atoms with van der Waals surface area (Å²) >= 11 is 0. The lowest BCUT2D eigenvalue weighted by molar-refractivity contribution is 0.665. The molecule has 0 unspecified atom stereocenters. The Morgan fingerprint density at radius 3 is 2.63 bits per heavy atom. The van der Waals surface area contributed by atoms with Gasteiger partial charge in [0.25, 0.3) is 0 Å². The summed E-state index contributed by atoms with van der Waals surface area (Å²) in [7, 11) is 0. The highest BCUT2D eigenvalue weighted by atomic mass is 14.7. The third-order valence-electron chi connectivity index (χ3n) is 4.29. The van der Waals surface area contributed by atoms with Crippen LogP contribution in [0.5, 0.6) is 0 Å². The molecule has 0 radical (unpaired) electrons. The van der Waals surface area contributed by atoms with Crippen LogP contribution in [0.15, 0.2) is 54.7 Å². The minimum atomic E-state index is 0.0276. The number of rotatable bonds is 0. The van der Waals surface area contributed by atoms with E-state index in [0.717, 1.165) is 5.69 Å². The van der Waals surface area contributed by atoms with Crippen LogP contribution in [-0.2, 0) is 5.41 Å². The smallest absolute Gasteiger partial charge is 0.0746 e. The molecule has 3 aromatic rings. The van der Waals surface area contributed by atoms with Gasteiger partial charge in [-0.05, 0) is 28.0 Å². The van der Waals surface area contributed by atoms with Crippen LogP contribution >= 0.6 is 0 Å². The fourth-order valence-electron chi connectivity index (χ4n) is 3.40. The molecule has 0 saturated heterocycles. The highest BCUT2D eigenvalue weighted by molar-refractivity contribution is 5.96. The maximum absolute atomic E-state index is 4.60. The molecule has 1 aromatic heterocycles. The van der Waals surface area contributed by atoms with Crippen molar-refractivity contribution in [2.75, 3.05) is 0 Å². The predicted octanol–water partition coefficient (Wildman–Crippen LogP) is 4.54. The van der Waals surface area contributed by atoms with Gasteiger partial charge in [0.15, 0.2) is 0 Å². The second-order valence-corrected chi connectivity index (χ2v) is 5.73. The summed E-state index contributed by atoms with van der Waals surface area (Å²) in [6.45, 7) is 4.59. The maximum Gasteiger partial charge on any atom is 0.0746 e. The lowest BCUT2D eigenvalue weighted by Crippen LogP contribution is -2.15.